The highest BCUT2D eigenvalue weighted by Gasteiger charge is 2.47. The summed E-state index contributed by atoms with van der Waals surface area (Å²) in [5, 5.41) is 0. The topological polar surface area (TPSA) is 30.9 Å². The van der Waals surface area contributed by atoms with Crippen molar-refractivity contribution in [3.05, 3.63) is 12.7 Å². The predicted molar refractivity (Wildman–Crippen MR) is 51.8 cm³/mol. The molecule has 2 aliphatic heterocycles. The van der Waals surface area contributed by atoms with Crippen LogP contribution in [0.4, 0.5) is 0 Å². The Labute approximate surface area is 84.4 Å². The average Bonchev–Trinajstić information content (AvgIpc) is 2.59. The van der Waals surface area contributed by atoms with Crippen LogP contribution in [-0.4, -0.2) is 49.8 Å². The van der Waals surface area contributed by atoms with Gasteiger partial charge in [0.25, 0.3) is 0 Å². The monoisotopic (exact) mass is 199 g/mol. The third-order valence-corrected chi connectivity index (χ3v) is 2.65. The SMILES string of the molecule is C=CCOC[C@H]1CN2CCO[C@@]2(C)O1. The van der Waals surface area contributed by atoms with Gasteiger partial charge in [-0.3, -0.25) is 0 Å². The van der Waals surface area contributed by atoms with Gasteiger partial charge in [-0.1, -0.05) is 6.08 Å². The minimum Gasteiger partial charge on any atom is -0.375 e. The molecule has 4 heteroatoms. The number of rotatable bonds is 4. The Morgan fingerprint density at radius 2 is 2.57 bits per heavy atom. The summed E-state index contributed by atoms with van der Waals surface area (Å²) in [6, 6.07) is 0. The van der Waals surface area contributed by atoms with Crippen LogP contribution in [0.25, 0.3) is 0 Å². The number of fused-ring (bicyclic) bond motifs is 1. The molecular formula is C10H17NO3. The van der Waals surface area contributed by atoms with Crippen LogP contribution in [0.1, 0.15) is 6.92 Å². The van der Waals surface area contributed by atoms with Gasteiger partial charge in [-0.15, -0.1) is 6.58 Å². The molecule has 0 saturated carbocycles. The summed E-state index contributed by atoms with van der Waals surface area (Å²) in [6.45, 7) is 9.36. The Kier molecular flexibility index (Phi) is 2.88. The number of nitrogens with zero attached hydrogens (tertiary/aromatic N) is 1. The fourth-order valence-electron chi connectivity index (χ4n) is 1.97. The lowest BCUT2D eigenvalue weighted by atomic mass is 10.3. The molecule has 2 aliphatic rings. The number of ether oxygens (including phenoxy) is 3. The van der Waals surface area contributed by atoms with E-state index < -0.39 is 5.91 Å². The molecule has 0 aromatic rings. The molecular weight excluding hydrogens is 182 g/mol. The van der Waals surface area contributed by atoms with Crippen LogP contribution >= 0.6 is 0 Å². The van der Waals surface area contributed by atoms with Gasteiger partial charge in [-0.2, -0.15) is 0 Å². The minimum atomic E-state index is -0.498. The van der Waals surface area contributed by atoms with Crippen LogP contribution in [0, 0.1) is 0 Å². The average molecular weight is 199 g/mol. The zero-order chi connectivity index (χ0) is 10.0. The van der Waals surface area contributed by atoms with Gasteiger partial charge >= 0.3 is 0 Å². The Balaban J connectivity index is 1.80. The van der Waals surface area contributed by atoms with E-state index in [0.717, 1.165) is 19.7 Å². The van der Waals surface area contributed by atoms with Crippen LogP contribution in [0.15, 0.2) is 12.7 Å². The standard InChI is InChI=1S/C10H17NO3/c1-3-5-12-8-9-7-11-4-6-13-10(11,2)14-9/h3,9H,1,4-8H2,2H3/t9-,10+/m1/s1. The molecule has 0 amide bonds. The molecule has 0 aromatic heterocycles. The van der Waals surface area contributed by atoms with Crippen molar-refractivity contribution >= 4 is 0 Å². The fraction of sp³-hybridized carbons (Fsp3) is 0.800. The number of hydrogen-bond donors (Lipinski definition) is 0. The molecule has 14 heavy (non-hydrogen) atoms. The van der Waals surface area contributed by atoms with Crippen molar-refractivity contribution in [1.82, 2.24) is 4.90 Å². The molecule has 0 spiro atoms. The van der Waals surface area contributed by atoms with Gasteiger partial charge in [0, 0.05) is 20.0 Å². The predicted octanol–water partition coefficient (Wildman–Crippen LogP) is 0.594. The maximum absolute atomic E-state index is 5.76. The normalized spacial score (nSPS) is 37.4. The van der Waals surface area contributed by atoms with Gasteiger partial charge in [0.15, 0.2) is 0 Å². The molecule has 2 heterocycles. The largest absolute Gasteiger partial charge is 0.375 e. The van der Waals surface area contributed by atoms with Crippen molar-refractivity contribution in [2.45, 2.75) is 18.9 Å². The molecule has 0 bridgehead atoms. The molecule has 0 unspecified atom stereocenters. The minimum absolute atomic E-state index is 0.125. The van der Waals surface area contributed by atoms with Crippen molar-refractivity contribution in [2.75, 3.05) is 32.9 Å². The summed E-state index contributed by atoms with van der Waals surface area (Å²) in [6.07, 6.45) is 1.87. The maximum Gasteiger partial charge on any atom is 0.227 e. The molecule has 0 radical (unpaired) electrons. The fourth-order valence-corrected chi connectivity index (χ4v) is 1.97. The molecule has 0 aromatic carbocycles. The van der Waals surface area contributed by atoms with E-state index in [0.29, 0.717) is 13.2 Å². The quantitative estimate of drug-likeness (QED) is 0.490. The lowest BCUT2D eigenvalue weighted by molar-refractivity contribution is -0.235. The summed E-state index contributed by atoms with van der Waals surface area (Å²) in [4.78, 5) is 2.20. The van der Waals surface area contributed by atoms with Gasteiger partial charge in [-0.05, 0) is 0 Å². The third kappa shape index (κ3) is 1.83. The summed E-state index contributed by atoms with van der Waals surface area (Å²) >= 11 is 0. The van der Waals surface area contributed by atoms with Gasteiger partial charge in [0.05, 0.1) is 25.9 Å². The third-order valence-electron chi connectivity index (χ3n) is 2.65. The molecule has 4 nitrogen and oxygen atoms in total. The molecule has 80 valence electrons. The number of hydrogen-bond acceptors (Lipinski definition) is 4. The molecule has 2 fully saturated rings. The van der Waals surface area contributed by atoms with Gasteiger partial charge in [0.1, 0.15) is 0 Å². The van der Waals surface area contributed by atoms with E-state index in [2.05, 4.69) is 11.5 Å². The van der Waals surface area contributed by atoms with E-state index in [-0.39, 0.29) is 6.10 Å². The van der Waals surface area contributed by atoms with Crippen molar-refractivity contribution in [1.29, 1.82) is 0 Å². The summed E-state index contributed by atoms with van der Waals surface area (Å²) in [5.74, 6) is -0.498. The molecule has 0 aliphatic carbocycles. The van der Waals surface area contributed by atoms with E-state index in [9.17, 15) is 0 Å². The van der Waals surface area contributed by atoms with Crippen LogP contribution in [0.5, 0.6) is 0 Å². The van der Waals surface area contributed by atoms with E-state index in [1.807, 2.05) is 6.92 Å². The van der Waals surface area contributed by atoms with E-state index in [1.165, 1.54) is 0 Å². The molecule has 2 saturated heterocycles. The van der Waals surface area contributed by atoms with Crippen LogP contribution in [0.2, 0.25) is 0 Å². The first-order chi connectivity index (χ1) is 6.74. The summed E-state index contributed by atoms with van der Waals surface area (Å²) in [7, 11) is 0. The van der Waals surface area contributed by atoms with E-state index >= 15 is 0 Å². The lowest BCUT2D eigenvalue weighted by Gasteiger charge is -2.23. The summed E-state index contributed by atoms with van der Waals surface area (Å²) < 4.78 is 16.6. The highest BCUT2D eigenvalue weighted by molar-refractivity contribution is 4.85. The lowest BCUT2D eigenvalue weighted by Crippen LogP contribution is -2.37. The van der Waals surface area contributed by atoms with Gasteiger partial charge in [0.2, 0.25) is 5.91 Å². The second-order valence-corrected chi connectivity index (χ2v) is 3.76. The van der Waals surface area contributed by atoms with Crippen LogP contribution in [0.3, 0.4) is 0 Å². The highest BCUT2D eigenvalue weighted by Crippen LogP contribution is 2.32. The smallest absolute Gasteiger partial charge is 0.227 e. The van der Waals surface area contributed by atoms with Crippen LogP contribution < -0.4 is 0 Å². The van der Waals surface area contributed by atoms with Gasteiger partial charge in [-0.25, -0.2) is 4.90 Å². The second-order valence-electron chi connectivity index (χ2n) is 3.76. The van der Waals surface area contributed by atoms with Crippen molar-refractivity contribution < 1.29 is 14.2 Å². The highest BCUT2D eigenvalue weighted by atomic mass is 16.7. The van der Waals surface area contributed by atoms with E-state index in [4.69, 9.17) is 14.2 Å². The van der Waals surface area contributed by atoms with Crippen molar-refractivity contribution in [3.63, 3.8) is 0 Å². The molecule has 2 atom stereocenters. The van der Waals surface area contributed by atoms with Gasteiger partial charge < -0.3 is 14.2 Å². The van der Waals surface area contributed by atoms with Crippen LogP contribution in [-0.2, 0) is 14.2 Å². The Morgan fingerprint density at radius 3 is 3.29 bits per heavy atom. The van der Waals surface area contributed by atoms with Crippen molar-refractivity contribution in [3.8, 4) is 0 Å². The Morgan fingerprint density at radius 1 is 1.71 bits per heavy atom. The molecule has 0 N–H and O–H groups in total. The Bertz CT molecular complexity index is 221. The maximum atomic E-state index is 5.76. The zero-order valence-corrected chi connectivity index (χ0v) is 8.57. The summed E-state index contributed by atoms with van der Waals surface area (Å²) in [5.41, 5.74) is 0. The first kappa shape index (κ1) is 10.1. The second kappa shape index (κ2) is 3.98. The first-order valence-electron chi connectivity index (χ1n) is 5.00. The van der Waals surface area contributed by atoms with Crippen molar-refractivity contribution in [2.24, 2.45) is 0 Å². The van der Waals surface area contributed by atoms with E-state index in [1.54, 1.807) is 6.08 Å². The first-order valence-corrected chi connectivity index (χ1v) is 5.00. The molecule has 2 rings (SSSR count). The Hall–Kier alpha value is -0.420. The zero-order valence-electron chi connectivity index (χ0n) is 8.57.